The second-order valence-electron chi connectivity index (χ2n) is 2.94. The van der Waals surface area contributed by atoms with Gasteiger partial charge in [-0.1, -0.05) is 14.9 Å². The summed E-state index contributed by atoms with van der Waals surface area (Å²) >= 11 is 9.64. The Morgan fingerprint density at radius 2 is 1.47 bits per heavy atom. The highest BCUT2D eigenvalue weighted by Gasteiger charge is 2.12. The van der Waals surface area contributed by atoms with Crippen molar-refractivity contribution in [3.05, 3.63) is 0 Å². The highest BCUT2D eigenvalue weighted by Crippen LogP contribution is 2.23. The first-order valence-electron chi connectivity index (χ1n) is 3.28. The SMILES string of the molecule is C.C.CC(C)(C)SOC(N)=S.NC(O)=S. The Balaban J connectivity index is -0.0000000883. The van der Waals surface area contributed by atoms with E-state index in [0.29, 0.717) is 0 Å². The molecule has 0 aliphatic carbocycles. The van der Waals surface area contributed by atoms with Crippen molar-refractivity contribution < 1.29 is 9.29 Å². The van der Waals surface area contributed by atoms with Crippen molar-refractivity contribution >= 4 is 46.8 Å². The number of thiocarbonyl (C=S) groups is 2. The van der Waals surface area contributed by atoms with E-state index in [2.05, 4.69) is 30.2 Å². The Kier molecular flexibility index (Phi) is 19.0. The van der Waals surface area contributed by atoms with Crippen molar-refractivity contribution in [2.75, 3.05) is 0 Å². The molecule has 4 nitrogen and oxygen atoms in total. The largest absolute Gasteiger partial charge is 0.487 e. The molecule has 0 rings (SSSR count). The molecule has 0 radical (unpaired) electrons. The van der Waals surface area contributed by atoms with E-state index in [0.717, 1.165) is 0 Å². The second-order valence-corrected chi connectivity index (χ2v) is 5.32. The summed E-state index contributed by atoms with van der Waals surface area (Å²) < 4.78 is 4.89. The Morgan fingerprint density at radius 3 is 1.53 bits per heavy atom. The number of aliphatic hydroxyl groups is 1. The average Bonchev–Trinajstić information content (AvgIpc) is 1.80. The van der Waals surface area contributed by atoms with E-state index in [4.69, 9.17) is 15.0 Å². The maximum Gasteiger partial charge on any atom is 0.267 e. The van der Waals surface area contributed by atoms with Crippen LogP contribution < -0.4 is 11.5 Å². The minimum absolute atomic E-state index is 0. The van der Waals surface area contributed by atoms with Gasteiger partial charge in [-0.15, -0.1) is 0 Å². The van der Waals surface area contributed by atoms with Gasteiger partial charge in [-0.3, -0.25) is 0 Å². The van der Waals surface area contributed by atoms with Crippen molar-refractivity contribution in [2.45, 2.75) is 40.4 Å². The molecule has 0 bridgehead atoms. The smallest absolute Gasteiger partial charge is 0.267 e. The molecule has 5 N–H and O–H groups in total. The summed E-state index contributed by atoms with van der Waals surface area (Å²) in [4.78, 5) is 0. The monoisotopic (exact) mass is 274 g/mol. The summed E-state index contributed by atoms with van der Waals surface area (Å²) in [7, 11) is 0. The van der Waals surface area contributed by atoms with Gasteiger partial charge in [0.2, 0.25) is 0 Å². The van der Waals surface area contributed by atoms with Crippen LogP contribution in [-0.4, -0.2) is 20.2 Å². The van der Waals surface area contributed by atoms with Crippen molar-refractivity contribution in [3.63, 3.8) is 0 Å². The number of nitrogens with two attached hydrogens (primary N) is 2. The molecule has 0 aliphatic rings. The van der Waals surface area contributed by atoms with E-state index in [1.54, 1.807) is 0 Å². The standard InChI is InChI=1S/C5H11NOS2.CH3NOS.2CH4/c1-5(2,3)9-7-4(6)8;2-1(3)4;;/h1-3H3,(H2,6,8);(H3,2,3,4);2*1H4. The first-order valence-corrected chi connectivity index (χ1v) is 4.84. The summed E-state index contributed by atoms with van der Waals surface area (Å²) in [6.45, 7) is 6.07. The minimum Gasteiger partial charge on any atom is -0.487 e. The van der Waals surface area contributed by atoms with E-state index in [1.165, 1.54) is 12.0 Å². The molecule has 0 fully saturated rings. The third kappa shape index (κ3) is 57.5. The molecule has 0 heterocycles. The molecule has 0 aromatic carbocycles. The minimum atomic E-state index is -0.500. The molecule has 0 aromatic heterocycles. The predicted molar refractivity (Wildman–Crippen MR) is 78.1 cm³/mol. The van der Waals surface area contributed by atoms with Gasteiger partial charge < -0.3 is 20.8 Å². The lowest BCUT2D eigenvalue weighted by molar-refractivity contribution is 0.560. The van der Waals surface area contributed by atoms with Crippen LogP contribution in [-0.2, 0) is 4.18 Å². The predicted octanol–water partition coefficient (Wildman–Crippen LogP) is 2.75. The van der Waals surface area contributed by atoms with Crippen LogP contribution in [0.25, 0.3) is 0 Å². The molecule has 94 valence electrons. The normalized spacial score (nSPS) is 8.20. The van der Waals surface area contributed by atoms with E-state index in [9.17, 15) is 0 Å². The van der Waals surface area contributed by atoms with Gasteiger partial charge in [-0.25, -0.2) is 0 Å². The zero-order valence-corrected chi connectivity index (χ0v) is 10.2. The summed E-state index contributed by atoms with van der Waals surface area (Å²) in [6.07, 6.45) is 0. The van der Waals surface area contributed by atoms with Crippen molar-refractivity contribution in [1.82, 2.24) is 0 Å². The number of hydrogen-bond donors (Lipinski definition) is 3. The Bertz CT molecular complexity index is 177. The third-order valence-electron chi connectivity index (χ3n) is 0.374. The molecule has 7 heteroatoms. The second kappa shape index (κ2) is 11.8. The fourth-order valence-electron chi connectivity index (χ4n) is 0.166. The van der Waals surface area contributed by atoms with Crippen LogP contribution in [0.15, 0.2) is 0 Å². The van der Waals surface area contributed by atoms with Gasteiger partial charge in [-0.05, 0) is 45.2 Å². The number of aliphatic hydroxyl groups excluding tert-OH is 1. The number of hydrogen-bond acceptors (Lipinski definition) is 4. The van der Waals surface area contributed by atoms with Gasteiger partial charge in [-0.2, -0.15) is 0 Å². The van der Waals surface area contributed by atoms with Crippen LogP contribution in [0.2, 0.25) is 0 Å². The molecule has 0 amide bonds. The van der Waals surface area contributed by atoms with E-state index in [1.807, 2.05) is 20.8 Å². The maximum atomic E-state index is 7.56. The Morgan fingerprint density at radius 1 is 1.20 bits per heavy atom. The van der Waals surface area contributed by atoms with Crippen LogP contribution in [0.5, 0.6) is 0 Å². The fraction of sp³-hybridized carbons (Fsp3) is 0.750. The maximum absolute atomic E-state index is 7.56. The van der Waals surface area contributed by atoms with Crippen LogP contribution in [0.3, 0.4) is 0 Å². The van der Waals surface area contributed by atoms with Crippen LogP contribution in [0, 0.1) is 0 Å². The Hall–Kier alpha value is -0.270. The van der Waals surface area contributed by atoms with E-state index >= 15 is 0 Å². The molecule has 0 spiro atoms. The molecular weight excluding hydrogens is 252 g/mol. The van der Waals surface area contributed by atoms with E-state index < -0.39 is 5.17 Å². The molecule has 0 saturated carbocycles. The lowest BCUT2D eigenvalue weighted by Crippen LogP contribution is -2.14. The summed E-state index contributed by atoms with van der Waals surface area (Å²) in [5, 5.41) is 7.16. The van der Waals surface area contributed by atoms with Crippen molar-refractivity contribution in [3.8, 4) is 0 Å². The molecule has 0 unspecified atom stereocenters. The first-order chi connectivity index (χ1) is 5.65. The van der Waals surface area contributed by atoms with Crippen LogP contribution in [0.1, 0.15) is 35.6 Å². The summed E-state index contributed by atoms with van der Waals surface area (Å²) in [5.41, 5.74) is 9.49. The van der Waals surface area contributed by atoms with Gasteiger partial charge in [0.05, 0.1) is 12.0 Å². The zero-order valence-electron chi connectivity index (χ0n) is 7.73. The van der Waals surface area contributed by atoms with Crippen LogP contribution >= 0.6 is 36.5 Å². The van der Waals surface area contributed by atoms with Gasteiger partial charge in [0.15, 0.2) is 0 Å². The van der Waals surface area contributed by atoms with Crippen molar-refractivity contribution in [1.29, 1.82) is 0 Å². The first kappa shape index (κ1) is 24.1. The molecule has 0 saturated heterocycles. The third-order valence-corrected chi connectivity index (χ3v) is 1.33. The topological polar surface area (TPSA) is 81.5 Å². The molecular formula is C8H22N2O2S3. The lowest BCUT2D eigenvalue weighted by atomic mass is 10.3. The van der Waals surface area contributed by atoms with Gasteiger partial charge in [0.25, 0.3) is 10.3 Å². The highest BCUT2D eigenvalue weighted by molar-refractivity contribution is 7.97. The average molecular weight is 274 g/mol. The molecule has 0 atom stereocenters. The molecule has 0 aliphatic heterocycles. The summed E-state index contributed by atoms with van der Waals surface area (Å²) in [5.74, 6) is 0. The van der Waals surface area contributed by atoms with Gasteiger partial charge >= 0.3 is 0 Å². The molecule has 0 aromatic rings. The fourth-order valence-corrected chi connectivity index (χ4v) is 0.600. The zero-order chi connectivity index (χ0) is 11.1. The highest BCUT2D eigenvalue weighted by atomic mass is 32.2. The summed E-state index contributed by atoms with van der Waals surface area (Å²) in [6, 6.07) is 0. The quantitative estimate of drug-likeness (QED) is 0.501. The number of rotatable bonds is 1. The van der Waals surface area contributed by atoms with Gasteiger partial charge in [0.1, 0.15) is 0 Å². The van der Waals surface area contributed by atoms with E-state index in [-0.39, 0.29) is 24.8 Å². The lowest BCUT2D eigenvalue weighted by Gasteiger charge is -2.14. The molecule has 15 heavy (non-hydrogen) atoms. The Labute approximate surface area is 108 Å². The van der Waals surface area contributed by atoms with Gasteiger partial charge in [0, 0.05) is 4.75 Å². The van der Waals surface area contributed by atoms with Crippen LogP contribution in [0.4, 0.5) is 0 Å². The van der Waals surface area contributed by atoms with Crippen molar-refractivity contribution in [2.24, 2.45) is 11.5 Å².